The van der Waals surface area contributed by atoms with E-state index in [-0.39, 0.29) is 5.78 Å². The number of carbonyl (C=O) groups excluding carboxylic acids is 1. The number of aryl methyl sites for hydroxylation is 1. The van der Waals surface area contributed by atoms with Gasteiger partial charge in [0.1, 0.15) is 5.82 Å². The Balaban J connectivity index is 1.71. The van der Waals surface area contributed by atoms with E-state index >= 15 is 0 Å². The lowest BCUT2D eigenvalue weighted by Crippen LogP contribution is -2.06. The number of hydrogen-bond donors (Lipinski definition) is 2. The Hall–Kier alpha value is -3.61. The number of ether oxygens (including phenoxy) is 2. The molecule has 0 spiro atoms. The minimum Gasteiger partial charge on any atom is -0.493 e. The van der Waals surface area contributed by atoms with E-state index in [1.54, 1.807) is 33.3 Å². The normalized spacial score (nSPS) is 10.3. The number of carbonyl (C=O) groups is 1. The quantitative estimate of drug-likeness (QED) is 0.551. The zero-order valence-electron chi connectivity index (χ0n) is 16.9. The molecule has 0 saturated heterocycles. The van der Waals surface area contributed by atoms with Crippen molar-refractivity contribution in [2.45, 2.75) is 20.4 Å². The number of nitrogens with one attached hydrogen (secondary N) is 2. The summed E-state index contributed by atoms with van der Waals surface area (Å²) in [6.45, 7) is 4.03. The Kier molecular flexibility index (Phi) is 6.29. The van der Waals surface area contributed by atoms with Crippen LogP contribution in [0.25, 0.3) is 0 Å². The van der Waals surface area contributed by atoms with Crippen LogP contribution in [0.3, 0.4) is 0 Å². The van der Waals surface area contributed by atoms with E-state index < -0.39 is 0 Å². The van der Waals surface area contributed by atoms with Gasteiger partial charge < -0.3 is 20.1 Å². The van der Waals surface area contributed by atoms with Crippen molar-refractivity contribution in [1.82, 2.24) is 9.97 Å². The molecule has 7 heteroatoms. The molecule has 3 aromatic rings. The molecule has 1 aromatic heterocycles. The van der Waals surface area contributed by atoms with Gasteiger partial charge in [0.05, 0.1) is 14.2 Å². The van der Waals surface area contributed by atoms with Gasteiger partial charge in [0.25, 0.3) is 0 Å². The lowest BCUT2D eigenvalue weighted by Gasteiger charge is -2.12. The number of nitrogens with zero attached hydrogens (tertiary/aromatic N) is 2. The fourth-order valence-electron chi connectivity index (χ4n) is 2.82. The Labute approximate surface area is 170 Å². The van der Waals surface area contributed by atoms with Gasteiger partial charge in [-0.1, -0.05) is 6.07 Å². The Morgan fingerprint density at radius 2 is 1.69 bits per heavy atom. The number of methoxy groups -OCH3 is 2. The summed E-state index contributed by atoms with van der Waals surface area (Å²) in [7, 11) is 3.23. The first-order valence-electron chi connectivity index (χ1n) is 9.17. The third-order valence-corrected chi connectivity index (χ3v) is 4.32. The lowest BCUT2D eigenvalue weighted by atomic mass is 10.1. The molecule has 0 aliphatic carbocycles. The van der Waals surface area contributed by atoms with Gasteiger partial charge in [-0.15, -0.1) is 0 Å². The highest BCUT2D eigenvalue weighted by Crippen LogP contribution is 2.28. The summed E-state index contributed by atoms with van der Waals surface area (Å²) in [5, 5.41) is 6.48. The maximum atomic E-state index is 11.4. The highest BCUT2D eigenvalue weighted by molar-refractivity contribution is 5.94. The summed E-state index contributed by atoms with van der Waals surface area (Å²) in [6.07, 6.45) is 0. The average Bonchev–Trinajstić information content (AvgIpc) is 2.72. The van der Waals surface area contributed by atoms with Crippen LogP contribution in [0.1, 0.15) is 28.5 Å². The van der Waals surface area contributed by atoms with Gasteiger partial charge in [-0.05, 0) is 55.8 Å². The van der Waals surface area contributed by atoms with Crippen molar-refractivity contribution < 1.29 is 14.3 Å². The van der Waals surface area contributed by atoms with Crippen molar-refractivity contribution in [3.05, 3.63) is 65.4 Å². The third kappa shape index (κ3) is 5.22. The van der Waals surface area contributed by atoms with Crippen LogP contribution in [0, 0.1) is 6.92 Å². The first-order valence-corrected chi connectivity index (χ1v) is 9.17. The molecule has 1 heterocycles. The number of aromatic nitrogens is 2. The second kappa shape index (κ2) is 9.05. The zero-order chi connectivity index (χ0) is 20.8. The van der Waals surface area contributed by atoms with Crippen LogP contribution in [-0.2, 0) is 6.54 Å². The van der Waals surface area contributed by atoms with Gasteiger partial charge in [-0.25, -0.2) is 4.98 Å². The van der Waals surface area contributed by atoms with Crippen molar-refractivity contribution in [2.24, 2.45) is 0 Å². The van der Waals surface area contributed by atoms with Crippen molar-refractivity contribution in [1.29, 1.82) is 0 Å². The van der Waals surface area contributed by atoms with Crippen molar-refractivity contribution in [3.8, 4) is 11.5 Å². The number of anilines is 3. The maximum Gasteiger partial charge on any atom is 0.229 e. The molecule has 0 aliphatic rings. The molecule has 0 bridgehead atoms. The number of hydrogen-bond acceptors (Lipinski definition) is 7. The van der Waals surface area contributed by atoms with E-state index in [1.165, 1.54) is 0 Å². The molecule has 0 amide bonds. The van der Waals surface area contributed by atoms with E-state index in [1.807, 2.05) is 43.3 Å². The van der Waals surface area contributed by atoms with Crippen molar-refractivity contribution in [2.75, 3.05) is 24.9 Å². The Morgan fingerprint density at radius 3 is 2.34 bits per heavy atom. The molecule has 2 aromatic carbocycles. The Bertz CT molecular complexity index is 1000. The second-order valence-electron chi connectivity index (χ2n) is 6.52. The maximum absolute atomic E-state index is 11.4. The number of Topliss-reactive ketones (excluding diaryl/α,β-unsaturated/α-hetero) is 1. The third-order valence-electron chi connectivity index (χ3n) is 4.32. The Morgan fingerprint density at radius 1 is 0.966 bits per heavy atom. The number of benzene rings is 2. The topological polar surface area (TPSA) is 85.4 Å². The summed E-state index contributed by atoms with van der Waals surface area (Å²) in [4.78, 5) is 20.3. The number of ketones is 1. The summed E-state index contributed by atoms with van der Waals surface area (Å²) in [6, 6.07) is 14.9. The van der Waals surface area contributed by atoms with Crippen LogP contribution < -0.4 is 20.1 Å². The molecule has 0 radical (unpaired) electrons. The average molecular weight is 392 g/mol. The molecule has 150 valence electrons. The molecule has 0 atom stereocenters. The molecule has 0 fully saturated rings. The number of rotatable bonds is 8. The summed E-state index contributed by atoms with van der Waals surface area (Å²) in [5.41, 5.74) is 3.34. The SMILES string of the molecule is COc1ccc(CNc2cc(C)nc(Nc3ccc(C(C)=O)cc3)n2)cc1OC. The molecule has 0 aliphatic heterocycles. The van der Waals surface area contributed by atoms with Crippen LogP contribution in [0.5, 0.6) is 11.5 Å². The predicted octanol–water partition coefficient (Wildman–Crippen LogP) is 4.36. The highest BCUT2D eigenvalue weighted by Gasteiger charge is 2.07. The first kappa shape index (κ1) is 20.1. The van der Waals surface area contributed by atoms with Crippen molar-refractivity contribution in [3.63, 3.8) is 0 Å². The smallest absolute Gasteiger partial charge is 0.229 e. The van der Waals surface area contributed by atoms with Gasteiger partial charge >= 0.3 is 0 Å². The molecular weight excluding hydrogens is 368 g/mol. The second-order valence-corrected chi connectivity index (χ2v) is 6.52. The molecule has 3 rings (SSSR count). The first-order chi connectivity index (χ1) is 14.0. The predicted molar refractivity (Wildman–Crippen MR) is 113 cm³/mol. The summed E-state index contributed by atoms with van der Waals surface area (Å²) in [5.74, 6) is 2.59. The minimum atomic E-state index is 0.0324. The molecule has 29 heavy (non-hydrogen) atoms. The standard InChI is InChI=1S/C22H24N4O3/c1-14-11-21(23-13-16-5-10-19(28-3)20(12-16)29-4)26-22(24-14)25-18-8-6-17(7-9-18)15(2)27/h5-12H,13H2,1-4H3,(H2,23,24,25,26). The monoisotopic (exact) mass is 392 g/mol. The molecule has 0 unspecified atom stereocenters. The molecular formula is C22H24N4O3. The van der Waals surface area contributed by atoms with E-state index in [0.717, 1.165) is 16.9 Å². The van der Waals surface area contributed by atoms with Crippen LogP contribution >= 0.6 is 0 Å². The van der Waals surface area contributed by atoms with Gasteiger partial charge in [0.15, 0.2) is 17.3 Å². The van der Waals surface area contributed by atoms with Crippen LogP contribution in [0.2, 0.25) is 0 Å². The lowest BCUT2D eigenvalue weighted by molar-refractivity contribution is 0.101. The fraction of sp³-hybridized carbons (Fsp3) is 0.227. The van der Waals surface area contributed by atoms with Crippen LogP contribution in [-0.4, -0.2) is 30.0 Å². The van der Waals surface area contributed by atoms with Gasteiger partial charge in [0, 0.05) is 29.6 Å². The summed E-state index contributed by atoms with van der Waals surface area (Å²) >= 11 is 0. The minimum absolute atomic E-state index is 0.0324. The van der Waals surface area contributed by atoms with Gasteiger partial charge in [-0.2, -0.15) is 4.98 Å². The van der Waals surface area contributed by atoms with Crippen molar-refractivity contribution >= 4 is 23.2 Å². The summed E-state index contributed by atoms with van der Waals surface area (Å²) < 4.78 is 10.6. The zero-order valence-corrected chi connectivity index (χ0v) is 16.9. The van der Waals surface area contributed by atoms with Crippen LogP contribution in [0.4, 0.5) is 17.5 Å². The van der Waals surface area contributed by atoms with E-state index in [9.17, 15) is 4.79 Å². The molecule has 7 nitrogen and oxygen atoms in total. The fourth-order valence-corrected chi connectivity index (χ4v) is 2.82. The molecule has 0 saturated carbocycles. The highest BCUT2D eigenvalue weighted by atomic mass is 16.5. The largest absolute Gasteiger partial charge is 0.493 e. The van der Waals surface area contributed by atoms with Gasteiger partial charge in [0.2, 0.25) is 5.95 Å². The van der Waals surface area contributed by atoms with E-state index in [4.69, 9.17) is 9.47 Å². The van der Waals surface area contributed by atoms with Gasteiger partial charge in [-0.3, -0.25) is 4.79 Å². The van der Waals surface area contributed by atoms with E-state index in [2.05, 4.69) is 20.6 Å². The molecule has 2 N–H and O–H groups in total. The van der Waals surface area contributed by atoms with E-state index in [0.29, 0.717) is 35.4 Å². The van der Waals surface area contributed by atoms with Crippen LogP contribution in [0.15, 0.2) is 48.5 Å².